The number of rotatable bonds is 7. The van der Waals surface area contributed by atoms with Crippen LogP contribution in [0.3, 0.4) is 0 Å². The number of carbonyl (C=O) groups excluding carboxylic acids is 1. The first kappa shape index (κ1) is 17.9. The fourth-order valence-electron chi connectivity index (χ4n) is 1.88. The third-order valence-electron chi connectivity index (χ3n) is 2.92. The van der Waals surface area contributed by atoms with E-state index >= 15 is 0 Å². The van der Waals surface area contributed by atoms with Gasteiger partial charge in [-0.2, -0.15) is 5.10 Å². The predicted octanol–water partition coefficient (Wildman–Crippen LogP) is 2.37. The first-order valence-corrected chi connectivity index (χ1v) is 6.87. The van der Waals surface area contributed by atoms with Gasteiger partial charge in [-0.1, -0.05) is 30.3 Å². The zero-order valence-corrected chi connectivity index (χ0v) is 13.2. The van der Waals surface area contributed by atoms with Crippen LogP contribution in [0.15, 0.2) is 58.2 Å². The van der Waals surface area contributed by atoms with Crippen molar-refractivity contribution >= 4 is 24.5 Å². The highest BCUT2D eigenvalue weighted by atomic mass is 35.5. The van der Waals surface area contributed by atoms with E-state index in [0.29, 0.717) is 5.76 Å². The molecule has 118 valence electrons. The predicted molar refractivity (Wildman–Crippen MR) is 89.3 cm³/mol. The van der Waals surface area contributed by atoms with Crippen LogP contribution in [0, 0.1) is 0 Å². The molecule has 5 nitrogen and oxygen atoms in total. The van der Waals surface area contributed by atoms with Crippen LogP contribution in [0.25, 0.3) is 0 Å². The highest BCUT2D eigenvalue weighted by molar-refractivity contribution is 5.85. The summed E-state index contributed by atoms with van der Waals surface area (Å²) in [4.78, 5) is 11.6. The summed E-state index contributed by atoms with van der Waals surface area (Å²) >= 11 is 0. The van der Waals surface area contributed by atoms with Crippen LogP contribution in [0.5, 0.6) is 0 Å². The first-order chi connectivity index (χ1) is 10.2. The smallest absolute Gasteiger partial charge is 0.254 e. The van der Waals surface area contributed by atoms with Crippen molar-refractivity contribution in [2.75, 3.05) is 6.54 Å². The number of nitrogens with one attached hydrogen (secondary N) is 2. The van der Waals surface area contributed by atoms with Crippen LogP contribution in [0.2, 0.25) is 0 Å². The lowest BCUT2D eigenvalue weighted by molar-refractivity contribution is -0.120. The summed E-state index contributed by atoms with van der Waals surface area (Å²) in [6.45, 7) is 2.27. The van der Waals surface area contributed by atoms with Gasteiger partial charge < -0.3 is 9.73 Å². The van der Waals surface area contributed by atoms with Crippen molar-refractivity contribution in [2.24, 2.45) is 5.10 Å². The van der Waals surface area contributed by atoms with Gasteiger partial charge in [-0.15, -0.1) is 12.4 Å². The van der Waals surface area contributed by atoms with E-state index in [4.69, 9.17) is 4.42 Å². The molecule has 0 aliphatic heterocycles. The van der Waals surface area contributed by atoms with Gasteiger partial charge in [0.05, 0.1) is 19.0 Å². The number of benzene rings is 1. The van der Waals surface area contributed by atoms with Gasteiger partial charge in [-0.3, -0.25) is 4.79 Å². The van der Waals surface area contributed by atoms with E-state index in [1.807, 2.05) is 25.1 Å². The molecule has 0 bridgehead atoms. The highest BCUT2D eigenvalue weighted by Gasteiger charge is 2.05. The maximum absolute atomic E-state index is 11.6. The summed E-state index contributed by atoms with van der Waals surface area (Å²) in [5.41, 5.74) is 3.69. The van der Waals surface area contributed by atoms with Crippen LogP contribution in [-0.2, 0) is 11.2 Å². The van der Waals surface area contributed by atoms with Crippen molar-refractivity contribution in [1.29, 1.82) is 0 Å². The SMILES string of the molecule is CC(Cc1ccccc1)NCC(=O)N/N=C/c1ccco1.Cl. The zero-order chi connectivity index (χ0) is 14.9. The summed E-state index contributed by atoms with van der Waals surface area (Å²) in [6, 6.07) is 13.9. The molecule has 1 unspecified atom stereocenters. The quantitative estimate of drug-likeness (QED) is 0.608. The van der Waals surface area contributed by atoms with Crippen molar-refractivity contribution in [2.45, 2.75) is 19.4 Å². The molecular formula is C16H20ClN3O2. The summed E-state index contributed by atoms with van der Waals surface area (Å²) in [7, 11) is 0. The normalized spacial score (nSPS) is 11.9. The van der Waals surface area contributed by atoms with Crippen LogP contribution >= 0.6 is 12.4 Å². The Balaban J connectivity index is 0.00000242. The van der Waals surface area contributed by atoms with E-state index in [-0.39, 0.29) is 30.9 Å². The van der Waals surface area contributed by atoms with Gasteiger partial charge in [-0.05, 0) is 31.0 Å². The molecule has 2 N–H and O–H groups in total. The summed E-state index contributed by atoms with van der Waals surface area (Å²) in [5.74, 6) is 0.415. The number of hydrogen-bond acceptors (Lipinski definition) is 4. The van der Waals surface area contributed by atoms with Crippen LogP contribution in [0.4, 0.5) is 0 Å². The van der Waals surface area contributed by atoms with Gasteiger partial charge in [0.2, 0.25) is 0 Å². The molecule has 1 aromatic heterocycles. The minimum Gasteiger partial charge on any atom is -0.463 e. The van der Waals surface area contributed by atoms with Gasteiger partial charge in [0.25, 0.3) is 5.91 Å². The Hall–Kier alpha value is -2.11. The van der Waals surface area contributed by atoms with Crippen molar-refractivity contribution in [1.82, 2.24) is 10.7 Å². The molecule has 0 spiro atoms. The van der Waals surface area contributed by atoms with Gasteiger partial charge in [0.15, 0.2) is 0 Å². The summed E-state index contributed by atoms with van der Waals surface area (Å²) in [6.07, 6.45) is 3.89. The molecule has 0 saturated carbocycles. The second-order valence-corrected chi connectivity index (χ2v) is 4.78. The lowest BCUT2D eigenvalue weighted by Gasteiger charge is -2.12. The third-order valence-corrected chi connectivity index (χ3v) is 2.92. The number of carbonyl (C=O) groups is 1. The number of nitrogens with zero attached hydrogens (tertiary/aromatic N) is 1. The second kappa shape index (κ2) is 9.76. The molecule has 1 aromatic carbocycles. The average molecular weight is 322 g/mol. The Kier molecular flexibility index (Phi) is 7.96. The van der Waals surface area contributed by atoms with Crippen molar-refractivity contribution in [3.05, 3.63) is 60.1 Å². The van der Waals surface area contributed by atoms with E-state index in [9.17, 15) is 4.79 Å². The fraction of sp³-hybridized carbons (Fsp3) is 0.250. The minimum atomic E-state index is -0.183. The van der Waals surface area contributed by atoms with Crippen molar-refractivity contribution in [3.8, 4) is 0 Å². The largest absolute Gasteiger partial charge is 0.463 e. The second-order valence-electron chi connectivity index (χ2n) is 4.78. The molecule has 22 heavy (non-hydrogen) atoms. The fourth-order valence-corrected chi connectivity index (χ4v) is 1.88. The molecule has 2 aromatic rings. The van der Waals surface area contributed by atoms with E-state index in [1.165, 1.54) is 11.8 Å². The molecule has 0 aliphatic carbocycles. The molecular weight excluding hydrogens is 302 g/mol. The molecule has 0 aliphatic rings. The first-order valence-electron chi connectivity index (χ1n) is 6.87. The number of amides is 1. The maximum Gasteiger partial charge on any atom is 0.254 e. The Morgan fingerprint density at radius 1 is 1.27 bits per heavy atom. The topological polar surface area (TPSA) is 66.6 Å². The van der Waals surface area contributed by atoms with Crippen LogP contribution < -0.4 is 10.7 Å². The van der Waals surface area contributed by atoms with E-state index < -0.39 is 0 Å². The maximum atomic E-state index is 11.6. The van der Waals surface area contributed by atoms with E-state index in [0.717, 1.165) is 6.42 Å². The van der Waals surface area contributed by atoms with Crippen LogP contribution in [-0.4, -0.2) is 24.7 Å². The molecule has 1 atom stereocenters. The third kappa shape index (κ3) is 6.56. The summed E-state index contributed by atoms with van der Waals surface area (Å²) < 4.78 is 5.06. The monoisotopic (exact) mass is 321 g/mol. The number of hydrazone groups is 1. The number of furan rings is 1. The van der Waals surface area contributed by atoms with E-state index in [1.54, 1.807) is 18.4 Å². The molecule has 1 amide bonds. The average Bonchev–Trinajstić information content (AvgIpc) is 2.99. The van der Waals surface area contributed by atoms with Crippen molar-refractivity contribution < 1.29 is 9.21 Å². The molecule has 0 radical (unpaired) electrons. The molecule has 2 rings (SSSR count). The van der Waals surface area contributed by atoms with Gasteiger partial charge in [0, 0.05) is 6.04 Å². The minimum absolute atomic E-state index is 0. The standard InChI is InChI=1S/C16H19N3O2.ClH/c1-13(10-14-6-3-2-4-7-14)17-12-16(20)19-18-11-15-8-5-9-21-15;/h2-9,11,13,17H,10,12H2,1H3,(H,19,20);1H/b18-11+;. The Bertz CT molecular complexity index is 570. The highest BCUT2D eigenvalue weighted by Crippen LogP contribution is 2.02. The lowest BCUT2D eigenvalue weighted by Crippen LogP contribution is -2.37. The molecule has 0 saturated heterocycles. The Morgan fingerprint density at radius 2 is 2.05 bits per heavy atom. The molecule has 6 heteroatoms. The van der Waals surface area contributed by atoms with Gasteiger partial charge in [-0.25, -0.2) is 5.43 Å². The number of hydrogen-bond donors (Lipinski definition) is 2. The Labute approximate surface area is 136 Å². The number of halogens is 1. The van der Waals surface area contributed by atoms with Crippen molar-refractivity contribution in [3.63, 3.8) is 0 Å². The summed E-state index contributed by atoms with van der Waals surface area (Å²) in [5, 5.41) is 6.98. The molecule has 1 heterocycles. The van der Waals surface area contributed by atoms with E-state index in [2.05, 4.69) is 28.0 Å². The van der Waals surface area contributed by atoms with Gasteiger partial charge in [0.1, 0.15) is 5.76 Å². The Morgan fingerprint density at radius 3 is 2.73 bits per heavy atom. The molecule has 0 fully saturated rings. The lowest BCUT2D eigenvalue weighted by atomic mass is 10.1. The van der Waals surface area contributed by atoms with Crippen LogP contribution in [0.1, 0.15) is 18.2 Å². The zero-order valence-electron chi connectivity index (χ0n) is 12.4. The van der Waals surface area contributed by atoms with Gasteiger partial charge >= 0.3 is 0 Å².